The van der Waals surface area contributed by atoms with Gasteiger partial charge in [0.15, 0.2) is 0 Å². The summed E-state index contributed by atoms with van der Waals surface area (Å²) in [5.41, 5.74) is 2.90. The molecule has 1 aromatic rings. The Hall–Kier alpha value is -0.820. The van der Waals surface area contributed by atoms with E-state index in [2.05, 4.69) is 50.4 Å². The molecule has 94 valence electrons. The Morgan fingerprint density at radius 2 is 1.88 bits per heavy atom. The van der Waals surface area contributed by atoms with E-state index in [-0.39, 0.29) is 0 Å². The average Bonchev–Trinajstić information content (AvgIpc) is 2.31. The van der Waals surface area contributed by atoms with Gasteiger partial charge in [-0.2, -0.15) is 0 Å². The summed E-state index contributed by atoms with van der Waals surface area (Å²) in [6.07, 6.45) is 3.85. The minimum absolute atomic E-state index is 0.756. The summed E-state index contributed by atoms with van der Waals surface area (Å²) in [5, 5.41) is 3.68. The molecule has 1 heteroatoms. The molecule has 1 saturated carbocycles. The Morgan fingerprint density at radius 1 is 1.18 bits per heavy atom. The molecule has 0 radical (unpaired) electrons. The highest BCUT2D eigenvalue weighted by molar-refractivity contribution is 5.28. The van der Waals surface area contributed by atoms with Crippen molar-refractivity contribution in [2.75, 3.05) is 6.54 Å². The van der Waals surface area contributed by atoms with Gasteiger partial charge in [-0.15, -0.1) is 0 Å². The molecule has 3 atom stereocenters. The monoisotopic (exact) mass is 231 g/mol. The topological polar surface area (TPSA) is 12.0 Å². The number of nitrogens with one attached hydrogen (secondary N) is 1. The zero-order valence-electron chi connectivity index (χ0n) is 11.4. The Labute approximate surface area is 106 Å². The van der Waals surface area contributed by atoms with Gasteiger partial charge < -0.3 is 5.32 Å². The summed E-state index contributed by atoms with van der Waals surface area (Å²) in [6, 6.07) is 9.88. The summed E-state index contributed by atoms with van der Waals surface area (Å²) >= 11 is 0. The third-order valence-corrected chi connectivity index (χ3v) is 4.17. The van der Waals surface area contributed by atoms with Crippen LogP contribution in [0.1, 0.15) is 50.2 Å². The molecule has 1 nitrogen and oxygen atoms in total. The van der Waals surface area contributed by atoms with E-state index in [1.165, 1.54) is 36.9 Å². The predicted octanol–water partition coefficient (Wildman–Crippen LogP) is 3.88. The SMILES string of the molecule is CCCNC1CC(c2ccc(C)cc2)C1CC. The fourth-order valence-corrected chi connectivity index (χ4v) is 3.04. The number of hydrogen-bond donors (Lipinski definition) is 1. The molecule has 1 aliphatic carbocycles. The molecule has 17 heavy (non-hydrogen) atoms. The zero-order chi connectivity index (χ0) is 12.3. The fraction of sp³-hybridized carbons (Fsp3) is 0.625. The molecular formula is C16H25N. The van der Waals surface area contributed by atoms with Crippen molar-refractivity contribution in [3.8, 4) is 0 Å². The highest BCUT2D eigenvalue weighted by Gasteiger charge is 2.39. The molecule has 2 rings (SSSR count). The van der Waals surface area contributed by atoms with Gasteiger partial charge in [-0.1, -0.05) is 50.1 Å². The molecule has 1 aliphatic rings. The summed E-state index contributed by atoms with van der Waals surface area (Å²) in [7, 11) is 0. The lowest BCUT2D eigenvalue weighted by Gasteiger charge is -2.45. The van der Waals surface area contributed by atoms with Crippen LogP contribution >= 0.6 is 0 Å². The van der Waals surface area contributed by atoms with E-state index >= 15 is 0 Å². The molecule has 0 aromatic heterocycles. The minimum atomic E-state index is 0.756. The van der Waals surface area contributed by atoms with Crippen LogP contribution in [0.25, 0.3) is 0 Å². The molecule has 1 fully saturated rings. The number of aryl methyl sites for hydroxylation is 1. The highest BCUT2D eigenvalue weighted by Crippen LogP contribution is 2.44. The van der Waals surface area contributed by atoms with E-state index in [0.717, 1.165) is 17.9 Å². The molecule has 3 unspecified atom stereocenters. The lowest BCUT2D eigenvalue weighted by molar-refractivity contribution is 0.161. The Kier molecular flexibility index (Phi) is 4.22. The van der Waals surface area contributed by atoms with Gasteiger partial charge in [-0.3, -0.25) is 0 Å². The van der Waals surface area contributed by atoms with Crippen molar-refractivity contribution < 1.29 is 0 Å². The third-order valence-electron chi connectivity index (χ3n) is 4.17. The Balaban J connectivity index is 1.97. The predicted molar refractivity (Wildman–Crippen MR) is 74.4 cm³/mol. The largest absolute Gasteiger partial charge is 0.314 e. The van der Waals surface area contributed by atoms with Crippen LogP contribution in [0, 0.1) is 12.8 Å². The second-order valence-electron chi connectivity index (χ2n) is 5.39. The second kappa shape index (κ2) is 5.68. The number of benzene rings is 1. The van der Waals surface area contributed by atoms with E-state index < -0.39 is 0 Å². The van der Waals surface area contributed by atoms with Gasteiger partial charge in [0, 0.05) is 6.04 Å². The molecular weight excluding hydrogens is 206 g/mol. The van der Waals surface area contributed by atoms with Crippen molar-refractivity contribution in [1.82, 2.24) is 5.32 Å². The molecule has 0 saturated heterocycles. The maximum atomic E-state index is 3.68. The molecule has 0 aliphatic heterocycles. The lowest BCUT2D eigenvalue weighted by atomic mass is 9.65. The summed E-state index contributed by atoms with van der Waals surface area (Å²) in [4.78, 5) is 0. The first-order chi connectivity index (χ1) is 8.26. The first-order valence-corrected chi connectivity index (χ1v) is 7.06. The van der Waals surface area contributed by atoms with Gasteiger partial charge in [0.1, 0.15) is 0 Å². The Morgan fingerprint density at radius 3 is 2.47 bits per heavy atom. The molecule has 0 heterocycles. The highest BCUT2D eigenvalue weighted by atomic mass is 14.9. The van der Waals surface area contributed by atoms with Crippen LogP contribution in [0.4, 0.5) is 0 Å². The smallest absolute Gasteiger partial charge is 0.0107 e. The normalized spacial score (nSPS) is 27.8. The third kappa shape index (κ3) is 2.71. The first kappa shape index (κ1) is 12.6. The summed E-state index contributed by atoms with van der Waals surface area (Å²) in [6.45, 7) is 7.89. The second-order valence-corrected chi connectivity index (χ2v) is 5.39. The van der Waals surface area contributed by atoms with E-state index in [1.54, 1.807) is 0 Å². The van der Waals surface area contributed by atoms with E-state index in [1.807, 2.05) is 0 Å². The van der Waals surface area contributed by atoms with Crippen LogP contribution in [0.5, 0.6) is 0 Å². The lowest BCUT2D eigenvalue weighted by Crippen LogP contribution is -2.49. The van der Waals surface area contributed by atoms with Crippen LogP contribution < -0.4 is 5.32 Å². The molecule has 0 bridgehead atoms. The van der Waals surface area contributed by atoms with Crippen molar-refractivity contribution >= 4 is 0 Å². The Bertz CT molecular complexity index is 341. The zero-order valence-corrected chi connectivity index (χ0v) is 11.4. The van der Waals surface area contributed by atoms with Crippen LogP contribution in [0.2, 0.25) is 0 Å². The van der Waals surface area contributed by atoms with Gasteiger partial charge in [-0.25, -0.2) is 0 Å². The van der Waals surface area contributed by atoms with Crippen molar-refractivity contribution in [2.24, 2.45) is 5.92 Å². The van der Waals surface area contributed by atoms with Gasteiger partial charge >= 0.3 is 0 Å². The van der Waals surface area contributed by atoms with Crippen LogP contribution in [0.15, 0.2) is 24.3 Å². The van der Waals surface area contributed by atoms with Gasteiger partial charge in [-0.05, 0) is 43.7 Å². The maximum Gasteiger partial charge on any atom is 0.0107 e. The van der Waals surface area contributed by atoms with E-state index in [0.29, 0.717) is 0 Å². The quantitative estimate of drug-likeness (QED) is 0.811. The molecule has 1 aromatic carbocycles. The average molecular weight is 231 g/mol. The standard InChI is InChI=1S/C16H25N/c1-4-10-17-16-11-15(14(16)5-2)13-8-6-12(3)7-9-13/h6-9,14-17H,4-5,10-11H2,1-3H3. The minimum Gasteiger partial charge on any atom is -0.314 e. The van der Waals surface area contributed by atoms with Crippen molar-refractivity contribution in [3.05, 3.63) is 35.4 Å². The summed E-state index contributed by atoms with van der Waals surface area (Å²) in [5.74, 6) is 1.62. The van der Waals surface area contributed by atoms with Gasteiger partial charge in [0.05, 0.1) is 0 Å². The number of rotatable bonds is 5. The first-order valence-electron chi connectivity index (χ1n) is 7.06. The van der Waals surface area contributed by atoms with Crippen LogP contribution in [0.3, 0.4) is 0 Å². The van der Waals surface area contributed by atoms with E-state index in [9.17, 15) is 0 Å². The van der Waals surface area contributed by atoms with Crippen LogP contribution in [-0.4, -0.2) is 12.6 Å². The number of hydrogen-bond acceptors (Lipinski definition) is 1. The van der Waals surface area contributed by atoms with Gasteiger partial charge in [0.2, 0.25) is 0 Å². The van der Waals surface area contributed by atoms with Crippen molar-refractivity contribution in [2.45, 2.75) is 52.0 Å². The maximum absolute atomic E-state index is 3.68. The fourth-order valence-electron chi connectivity index (χ4n) is 3.04. The van der Waals surface area contributed by atoms with Gasteiger partial charge in [0.25, 0.3) is 0 Å². The molecule has 0 amide bonds. The molecule has 1 N–H and O–H groups in total. The van der Waals surface area contributed by atoms with E-state index in [4.69, 9.17) is 0 Å². The van der Waals surface area contributed by atoms with Crippen molar-refractivity contribution in [1.29, 1.82) is 0 Å². The summed E-state index contributed by atoms with van der Waals surface area (Å²) < 4.78 is 0. The molecule has 0 spiro atoms. The van der Waals surface area contributed by atoms with Crippen LogP contribution in [-0.2, 0) is 0 Å². The van der Waals surface area contributed by atoms with Crippen molar-refractivity contribution in [3.63, 3.8) is 0 Å².